The van der Waals surface area contributed by atoms with Gasteiger partial charge >= 0.3 is 6.36 Å². The van der Waals surface area contributed by atoms with Gasteiger partial charge in [0.15, 0.2) is 6.61 Å². The summed E-state index contributed by atoms with van der Waals surface area (Å²) in [5.41, 5.74) is -0.0158. The van der Waals surface area contributed by atoms with E-state index in [1.165, 1.54) is 30.3 Å². The largest absolute Gasteiger partial charge is 0.573 e. The Labute approximate surface area is 197 Å². The first-order valence-electron chi connectivity index (χ1n) is 10.5. The summed E-state index contributed by atoms with van der Waals surface area (Å²) in [5, 5.41) is 5.63. The molecule has 3 saturated carbocycles. The quantitative estimate of drug-likeness (QED) is 0.528. The molecule has 34 heavy (non-hydrogen) atoms. The SMILES string of the molecule is O=C(COc1ccc(Cl)c(F)c1)NC12CC(C1)C(C(=O)NCc1cccc(OC(F)(F)F)c1)C2. The summed E-state index contributed by atoms with van der Waals surface area (Å²) in [6.07, 6.45) is -3.02. The smallest absolute Gasteiger partial charge is 0.484 e. The predicted molar refractivity (Wildman–Crippen MR) is 114 cm³/mol. The van der Waals surface area contributed by atoms with Crippen LogP contribution in [0.2, 0.25) is 5.02 Å². The maximum atomic E-state index is 13.5. The van der Waals surface area contributed by atoms with E-state index in [1.807, 2.05) is 0 Å². The van der Waals surface area contributed by atoms with Crippen molar-refractivity contribution in [3.05, 3.63) is 58.9 Å². The van der Waals surface area contributed by atoms with E-state index in [0.717, 1.165) is 6.07 Å². The Kier molecular flexibility index (Phi) is 6.62. The molecule has 0 aliphatic heterocycles. The van der Waals surface area contributed by atoms with Crippen molar-refractivity contribution in [1.82, 2.24) is 10.6 Å². The lowest BCUT2D eigenvalue weighted by Crippen LogP contribution is -2.53. The average Bonchev–Trinajstić information content (AvgIpc) is 3.27. The standard InChI is InChI=1S/C23H21ClF4N2O4/c24-18-5-4-15(7-19(18)25)33-12-20(31)30-22-8-14(9-22)17(10-22)21(32)29-11-13-2-1-3-16(6-13)34-23(26,27)28/h1-7,14,17H,8-12H2,(H,29,32)(H,30,31). The second-order valence-corrected chi connectivity index (χ2v) is 8.99. The zero-order chi connectivity index (χ0) is 24.5. The van der Waals surface area contributed by atoms with Crippen LogP contribution in [0.3, 0.4) is 0 Å². The fourth-order valence-corrected chi connectivity index (χ4v) is 4.78. The molecule has 0 radical (unpaired) electrons. The Morgan fingerprint density at radius 3 is 2.56 bits per heavy atom. The van der Waals surface area contributed by atoms with Crippen LogP contribution in [-0.4, -0.2) is 30.3 Å². The molecule has 1 atom stereocenters. The molecule has 5 rings (SSSR count). The topological polar surface area (TPSA) is 76.7 Å². The number of carbonyl (C=O) groups is 2. The predicted octanol–water partition coefficient (Wildman–Crippen LogP) is 4.36. The van der Waals surface area contributed by atoms with E-state index in [9.17, 15) is 27.2 Å². The number of benzene rings is 2. The van der Waals surface area contributed by atoms with Gasteiger partial charge in [0.05, 0.1) is 5.02 Å². The highest BCUT2D eigenvalue weighted by molar-refractivity contribution is 6.30. The minimum Gasteiger partial charge on any atom is -0.484 e. The number of rotatable bonds is 8. The van der Waals surface area contributed by atoms with Crippen molar-refractivity contribution in [1.29, 1.82) is 0 Å². The summed E-state index contributed by atoms with van der Waals surface area (Å²) < 4.78 is 59.8. The fourth-order valence-electron chi connectivity index (χ4n) is 4.66. The Morgan fingerprint density at radius 1 is 1.09 bits per heavy atom. The van der Waals surface area contributed by atoms with Crippen molar-refractivity contribution in [3.8, 4) is 11.5 Å². The first-order chi connectivity index (χ1) is 16.0. The molecular weight excluding hydrogens is 480 g/mol. The molecular formula is C23H21ClF4N2O4. The minimum absolute atomic E-state index is 0.0474. The van der Waals surface area contributed by atoms with Crippen molar-refractivity contribution in [2.75, 3.05) is 6.61 Å². The van der Waals surface area contributed by atoms with E-state index in [4.69, 9.17) is 16.3 Å². The Balaban J connectivity index is 1.24. The number of fused-ring (bicyclic) bond motifs is 1. The molecule has 0 spiro atoms. The molecule has 3 aliphatic carbocycles. The van der Waals surface area contributed by atoms with E-state index in [0.29, 0.717) is 24.8 Å². The fraction of sp³-hybridized carbons (Fsp3) is 0.391. The summed E-state index contributed by atoms with van der Waals surface area (Å²) in [4.78, 5) is 25.0. The highest BCUT2D eigenvalue weighted by Crippen LogP contribution is 2.55. The van der Waals surface area contributed by atoms with Gasteiger partial charge in [-0.25, -0.2) is 4.39 Å². The van der Waals surface area contributed by atoms with Gasteiger partial charge in [-0.15, -0.1) is 13.2 Å². The van der Waals surface area contributed by atoms with Crippen molar-refractivity contribution in [2.45, 2.75) is 37.7 Å². The van der Waals surface area contributed by atoms with Crippen LogP contribution in [-0.2, 0) is 16.1 Å². The van der Waals surface area contributed by atoms with Gasteiger partial charge < -0.3 is 20.1 Å². The normalized spacial score (nSPS) is 23.1. The zero-order valence-corrected chi connectivity index (χ0v) is 18.5. The van der Waals surface area contributed by atoms with Gasteiger partial charge in [0.2, 0.25) is 5.91 Å². The molecule has 11 heteroatoms. The van der Waals surface area contributed by atoms with Crippen molar-refractivity contribution >= 4 is 23.4 Å². The summed E-state index contributed by atoms with van der Waals surface area (Å²) in [5.74, 6) is -1.61. The number of nitrogens with one attached hydrogen (secondary N) is 2. The number of hydrogen-bond donors (Lipinski definition) is 2. The molecule has 1 unspecified atom stereocenters. The van der Waals surface area contributed by atoms with Crippen LogP contribution >= 0.6 is 11.6 Å². The van der Waals surface area contributed by atoms with Crippen LogP contribution in [0.25, 0.3) is 0 Å². The average molecular weight is 501 g/mol. The van der Waals surface area contributed by atoms with Gasteiger partial charge in [0.25, 0.3) is 5.91 Å². The molecule has 0 aromatic heterocycles. The highest BCUT2D eigenvalue weighted by Gasteiger charge is 2.58. The third kappa shape index (κ3) is 5.72. The van der Waals surface area contributed by atoms with Gasteiger partial charge in [0, 0.05) is 24.1 Å². The Bertz CT molecular complexity index is 1090. The number of hydrogen-bond acceptors (Lipinski definition) is 4. The number of amides is 2. The maximum Gasteiger partial charge on any atom is 0.573 e. The number of ether oxygens (including phenoxy) is 2. The van der Waals surface area contributed by atoms with Crippen LogP contribution in [0.15, 0.2) is 42.5 Å². The molecule has 2 amide bonds. The summed E-state index contributed by atoms with van der Waals surface area (Å²) in [7, 11) is 0. The van der Waals surface area contributed by atoms with Gasteiger partial charge in [-0.05, 0) is 55.0 Å². The van der Waals surface area contributed by atoms with Crippen LogP contribution < -0.4 is 20.1 Å². The first-order valence-corrected chi connectivity index (χ1v) is 10.9. The van der Waals surface area contributed by atoms with Crippen molar-refractivity contribution in [2.24, 2.45) is 11.8 Å². The second kappa shape index (κ2) is 9.32. The Hall–Kier alpha value is -3.01. The summed E-state index contributed by atoms with van der Waals surface area (Å²) >= 11 is 5.62. The van der Waals surface area contributed by atoms with Crippen LogP contribution in [0.1, 0.15) is 24.8 Å². The number of carbonyl (C=O) groups excluding carboxylic acids is 2. The lowest BCUT2D eigenvalue weighted by molar-refractivity contribution is -0.274. The van der Waals surface area contributed by atoms with E-state index >= 15 is 0 Å². The zero-order valence-electron chi connectivity index (χ0n) is 17.8. The third-order valence-corrected chi connectivity index (χ3v) is 6.39. The van der Waals surface area contributed by atoms with E-state index in [2.05, 4.69) is 15.4 Å². The molecule has 2 N–H and O–H groups in total. The molecule has 3 aliphatic rings. The third-order valence-electron chi connectivity index (χ3n) is 6.09. The molecule has 182 valence electrons. The number of halogens is 5. The maximum absolute atomic E-state index is 13.5. The molecule has 0 saturated heterocycles. The molecule has 6 nitrogen and oxygen atoms in total. The monoisotopic (exact) mass is 500 g/mol. The second-order valence-electron chi connectivity index (χ2n) is 8.59. The lowest BCUT2D eigenvalue weighted by atomic mass is 9.76. The van der Waals surface area contributed by atoms with Gasteiger partial charge in [0.1, 0.15) is 17.3 Å². The van der Waals surface area contributed by atoms with Crippen molar-refractivity contribution in [3.63, 3.8) is 0 Å². The van der Waals surface area contributed by atoms with Gasteiger partial charge in [-0.1, -0.05) is 23.7 Å². The molecule has 0 heterocycles. The minimum atomic E-state index is -4.79. The Morgan fingerprint density at radius 2 is 1.85 bits per heavy atom. The first kappa shape index (κ1) is 24.1. The number of alkyl halides is 3. The van der Waals surface area contributed by atoms with Crippen LogP contribution in [0, 0.1) is 17.7 Å². The van der Waals surface area contributed by atoms with Crippen LogP contribution in [0.4, 0.5) is 17.6 Å². The van der Waals surface area contributed by atoms with Gasteiger partial charge in [-0.2, -0.15) is 0 Å². The van der Waals surface area contributed by atoms with Crippen molar-refractivity contribution < 1.29 is 36.6 Å². The van der Waals surface area contributed by atoms with E-state index < -0.39 is 17.7 Å². The highest BCUT2D eigenvalue weighted by atomic mass is 35.5. The van der Waals surface area contributed by atoms with Crippen LogP contribution in [0.5, 0.6) is 11.5 Å². The lowest BCUT2D eigenvalue weighted by Gasteiger charge is -2.39. The van der Waals surface area contributed by atoms with E-state index in [1.54, 1.807) is 6.07 Å². The molecule has 3 fully saturated rings. The molecule has 2 aromatic rings. The molecule has 2 aromatic carbocycles. The summed E-state index contributed by atoms with van der Waals surface area (Å²) in [6, 6.07) is 9.29. The van der Waals surface area contributed by atoms with E-state index in [-0.39, 0.29) is 53.3 Å². The summed E-state index contributed by atoms with van der Waals surface area (Å²) in [6.45, 7) is -0.247. The molecule has 2 bridgehead atoms. The van der Waals surface area contributed by atoms with Gasteiger partial charge in [-0.3, -0.25) is 9.59 Å².